The molecule has 1 saturated carbocycles. The number of nitrogens with one attached hydrogen (secondary N) is 2. The molecule has 4 rings (SSSR count). The lowest BCUT2D eigenvalue weighted by Crippen LogP contribution is -2.69. The molecular formula is C18H21F2N5O2. The van der Waals surface area contributed by atoms with Crippen LogP contribution in [0.4, 0.5) is 14.5 Å². The molecule has 2 aliphatic heterocycles. The summed E-state index contributed by atoms with van der Waals surface area (Å²) < 4.78 is 26.8. The number of hydrogen-bond donors (Lipinski definition) is 2. The summed E-state index contributed by atoms with van der Waals surface area (Å²) in [7, 11) is 0. The van der Waals surface area contributed by atoms with Gasteiger partial charge in [-0.25, -0.2) is 8.78 Å². The summed E-state index contributed by atoms with van der Waals surface area (Å²) in [4.78, 5) is 29.0. The van der Waals surface area contributed by atoms with Crippen LogP contribution in [0.5, 0.6) is 0 Å². The molecule has 0 bridgehead atoms. The van der Waals surface area contributed by atoms with Crippen molar-refractivity contribution in [1.29, 1.82) is 0 Å². The fourth-order valence-corrected chi connectivity index (χ4v) is 4.30. The number of nitrogens with zero attached hydrogens (tertiary/aromatic N) is 3. The molecule has 2 amide bonds. The average molecular weight is 377 g/mol. The Morgan fingerprint density at radius 1 is 1.30 bits per heavy atom. The summed E-state index contributed by atoms with van der Waals surface area (Å²) in [6.07, 6.45) is 3.19. The fourth-order valence-electron chi connectivity index (χ4n) is 4.30. The lowest BCUT2D eigenvalue weighted by molar-refractivity contribution is -0.151. The van der Waals surface area contributed by atoms with Crippen LogP contribution in [0.25, 0.3) is 0 Å². The number of anilines is 1. The van der Waals surface area contributed by atoms with Crippen molar-refractivity contribution >= 4 is 23.3 Å². The number of amides is 2. The van der Waals surface area contributed by atoms with Crippen LogP contribution in [0.15, 0.2) is 23.3 Å². The quantitative estimate of drug-likeness (QED) is 0.839. The number of fused-ring (bicyclic) bond motifs is 3. The van der Waals surface area contributed by atoms with Gasteiger partial charge in [-0.3, -0.25) is 15.0 Å². The number of benzene rings is 1. The first-order chi connectivity index (χ1) is 13.0. The van der Waals surface area contributed by atoms with Crippen molar-refractivity contribution in [2.45, 2.75) is 50.9 Å². The Bertz CT molecular complexity index is 815. The lowest BCUT2D eigenvalue weighted by Gasteiger charge is -2.50. The molecule has 1 aliphatic carbocycles. The van der Waals surface area contributed by atoms with E-state index in [-0.39, 0.29) is 30.2 Å². The van der Waals surface area contributed by atoms with E-state index in [0.29, 0.717) is 6.07 Å². The first-order valence-corrected chi connectivity index (χ1v) is 9.09. The van der Waals surface area contributed by atoms with Crippen LogP contribution in [0.1, 0.15) is 32.6 Å². The predicted octanol–water partition coefficient (Wildman–Crippen LogP) is 1.62. The molecule has 9 heteroatoms. The molecule has 3 aliphatic rings. The van der Waals surface area contributed by atoms with E-state index in [1.54, 1.807) is 4.90 Å². The van der Waals surface area contributed by atoms with E-state index in [1.807, 2.05) is 11.8 Å². The van der Waals surface area contributed by atoms with Crippen molar-refractivity contribution in [2.24, 2.45) is 5.10 Å². The zero-order valence-electron chi connectivity index (χ0n) is 14.9. The Morgan fingerprint density at radius 3 is 2.78 bits per heavy atom. The van der Waals surface area contributed by atoms with Gasteiger partial charge in [0.05, 0.1) is 17.8 Å². The van der Waals surface area contributed by atoms with Gasteiger partial charge in [-0.2, -0.15) is 5.10 Å². The minimum absolute atomic E-state index is 0.0867. The van der Waals surface area contributed by atoms with Crippen molar-refractivity contribution in [2.75, 3.05) is 11.9 Å². The van der Waals surface area contributed by atoms with Gasteiger partial charge in [0.2, 0.25) is 5.91 Å². The van der Waals surface area contributed by atoms with E-state index in [2.05, 4.69) is 15.8 Å². The molecule has 1 aromatic carbocycles. The topological polar surface area (TPSA) is 77.0 Å². The van der Waals surface area contributed by atoms with Gasteiger partial charge >= 0.3 is 0 Å². The van der Waals surface area contributed by atoms with Gasteiger partial charge in [-0.05, 0) is 31.9 Å². The summed E-state index contributed by atoms with van der Waals surface area (Å²) in [5, 5.41) is 6.61. The van der Waals surface area contributed by atoms with Gasteiger partial charge in [0.1, 0.15) is 24.0 Å². The van der Waals surface area contributed by atoms with Crippen LogP contribution in [-0.4, -0.2) is 52.2 Å². The third kappa shape index (κ3) is 3.11. The maximum absolute atomic E-state index is 13.8. The molecule has 0 aromatic heterocycles. The minimum Gasteiger partial charge on any atom is -0.325 e. The van der Waals surface area contributed by atoms with E-state index in [9.17, 15) is 18.4 Å². The van der Waals surface area contributed by atoms with E-state index < -0.39 is 23.7 Å². The lowest BCUT2D eigenvalue weighted by atomic mass is 9.85. The van der Waals surface area contributed by atoms with Crippen LogP contribution in [0, 0.1) is 11.6 Å². The molecule has 27 heavy (non-hydrogen) atoms. The van der Waals surface area contributed by atoms with E-state index in [0.717, 1.165) is 37.6 Å². The van der Waals surface area contributed by atoms with Crippen LogP contribution in [0.2, 0.25) is 0 Å². The SMILES string of the molecule is CC1=NNC2C(=O)N(CC(=O)Nc3ccc(F)cc3F)C3CCCCC3N12. The zero-order chi connectivity index (χ0) is 19.1. The number of carbonyl (C=O) groups excluding carboxylic acids is 2. The first-order valence-electron chi connectivity index (χ1n) is 9.09. The molecule has 3 unspecified atom stereocenters. The van der Waals surface area contributed by atoms with E-state index >= 15 is 0 Å². The summed E-state index contributed by atoms with van der Waals surface area (Å²) in [6, 6.07) is 2.97. The number of hydrogen-bond acceptors (Lipinski definition) is 5. The highest BCUT2D eigenvalue weighted by Crippen LogP contribution is 2.34. The molecular weight excluding hydrogens is 356 g/mol. The number of amidine groups is 1. The second kappa shape index (κ2) is 6.79. The third-order valence-electron chi connectivity index (χ3n) is 5.49. The third-order valence-corrected chi connectivity index (χ3v) is 5.49. The van der Waals surface area contributed by atoms with Gasteiger partial charge in [0, 0.05) is 6.07 Å². The maximum Gasteiger partial charge on any atom is 0.268 e. The molecule has 7 nitrogen and oxygen atoms in total. The molecule has 144 valence electrons. The Morgan fingerprint density at radius 2 is 2.04 bits per heavy atom. The van der Waals surface area contributed by atoms with E-state index in [1.165, 1.54) is 6.07 Å². The number of halogens is 2. The van der Waals surface area contributed by atoms with Crippen molar-refractivity contribution in [3.8, 4) is 0 Å². The summed E-state index contributed by atoms with van der Waals surface area (Å²) in [5.74, 6) is -1.51. The van der Waals surface area contributed by atoms with Gasteiger partial charge in [-0.15, -0.1) is 0 Å². The van der Waals surface area contributed by atoms with Gasteiger partial charge in [0.15, 0.2) is 6.17 Å². The molecule has 2 N–H and O–H groups in total. The smallest absolute Gasteiger partial charge is 0.268 e. The standard InChI is InChI=1S/C18H21F2N5O2/c1-10-22-23-17-18(27)24(14-4-2-3-5-15(14)25(10)17)9-16(26)21-13-7-6-11(19)8-12(13)20/h6-8,14-15,17,23H,2-5,9H2,1H3,(H,21,26). The van der Waals surface area contributed by atoms with Crippen LogP contribution >= 0.6 is 0 Å². The number of piperazine rings is 1. The Balaban J connectivity index is 1.52. The van der Waals surface area contributed by atoms with Crippen LogP contribution in [0.3, 0.4) is 0 Å². The number of carbonyl (C=O) groups is 2. The van der Waals surface area contributed by atoms with Gasteiger partial charge in [0.25, 0.3) is 5.91 Å². The monoisotopic (exact) mass is 377 g/mol. The highest BCUT2D eigenvalue weighted by molar-refractivity contribution is 5.97. The van der Waals surface area contributed by atoms with Crippen molar-refractivity contribution < 1.29 is 18.4 Å². The van der Waals surface area contributed by atoms with Crippen LogP contribution < -0.4 is 10.7 Å². The Kier molecular flexibility index (Phi) is 4.45. The predicted molar refractivity (Wildman–Crippen MR) is 94.6 cm³/mol. The highest BCUT2D eigenvalue weighted by atomic mass is 19.1. The number of hydrazone groups is 1. The summed E-state index contributed by atoms with van der Waals surface area (Å²) in [5.41, 5.74) is 2.74. The molecule has 1 aromatic rings. The summed E-state index contributed by atoms with van der Waals surface area (Å²) in [6.45, 7) is 1.69. The fraction of sp³-hybridized carbons (Fsp3) is 0.500. The van der Waals surface area contributed by atoms with Crippen molar-refractivity contribution in [3.05, 3.63) is 29.8 Å². The molecule has 0 radical (unpaired) electrons. The zero-order valence-corrected chi connectivity index (χ0v) is 14.9. The van der Waals surface area contributed by atoms with Crippen molar-refractivity contribution in [1.82, 2.24) is 15.2 Å². The average Bonchev–Trinajstić information content (AvgIpc) is 3.03. The van der Waals surface area contributed by atoms with Crippen molar-refractivity contribution in [3.63, 3.8) is 0 Å². The maximum atomic E-state index is 13.8. The molecule has 2 heterocycles. The minimum atomic E-state index is -0.850. The highest BCUT2D eigenvalue weighted by Gasteiger charge is 2.50. The molecule has 1 saturated heterocycles. The molecule has 0 spiro atoms. The Hall–Kier alpha value is -2.71. The molecule has 2 fully saturated rings. The van der Waals surface area contributed by atoms with Crippen LogP contribution in [-0.2, 0) is 9.59 Å². The van der Waals surface area contributed by atoms with Gasteiger partial charge in [-0.1, -0.05) is 12.8 Å². The second-order valence-corrected chi connectivity index (χ2v) is 7.16. The normalized spacial score (nSPS) is 26.9. The first kappa shape index (κ1) is 17.7. The molecule has 3 atom stereocenters. The number of rotatable bonds is 3. The van der Waals surface area contributed by atoms with Gasteiger partial charge < -0.3 is 15.1 Å². The van der Waals surface area contributed by atoms with E-state index in [4.69, 9.17) is 0 Å². The summed E-state index contributed by atoms with van der Waals surface area (Å²) >= 11 is 0. The Labute approximate surface area is 155 Å². The largest absolute Gasteiger partial charge is 0.325 e. The second-order valence-electron chi connectivity index (χ2n) is 7.16.